The molecule has 2 aliphatic carbocycles. The van der Waals surface area contributed by atoms with Crippen molar-refractivity contribution in [3.05, 3.63) is 33.8 Å². The first-order chi connectivity index (χ1) is 10.0. The Labute approximate surface area is 147 Å². The first-order valence-electron chi connectivity index (χ1n) is 7.87. The molecule has 1 saturated carbocycles. The molecule has 3 N–H and O–H groups in total. The van der Waals surface area contributed by atoms with E-state index in [1.165, 1.54) is 11.1 Å². The van der Waals surface area contributed by atoms with Gasteiger partial charge in [-0.25, -0.2) is 0 Å². The van der Waals surface area contributed by atoms with Gasteiger partial charge in [0.2, 0.25) is 5.91 Å². The summed E-state index contributed by atoms with van der Waals surface area (Å²) in [6.45, 7) is 1.91. The van der Waals surface area contributed by atoms with Crippen molar-refractivity contribution in [2.24, 2.45) is 11.1 Å². The molecular weight excluding hydrogens is 364 g/mol. The summed E-state index contributed by atoms with van der Waals surface area (Å²) >= 11 is 3.56. The van der Waals surface area contributed by atoms with Crippen molar-refractivity contribution in [3.8, 4) is 0 Å². The summed E-state index contributed by atoms with van der Waals surface area (Å²) in [5.74, 6) is 0.144. The molecule has 0 aromatic heterocycles. The van der Waals surface area contributed by atoms with E-state index in [-0.39, 0.29) is 29.8 Å². The van der Waals surface area contributed by atoms with Gasteiger partial charge in [-0.2, -0.15) is 0 Å². The van der Waals surface area contributed by atoms with Crippen LogP contribution in [0, 0.1) is 5.41 Å². The second-order valence-corrected chi connectivity index (χ2v) is 7.49. The van der Waals surface area contributed by atoms with Crippen molar-refractivity contribution >= 4 is 34.2 Å². The number of rotatable bonds is 2. The van der Waals surface area contributed by atoms with Crippen molar-refractivity contribution in [3.63, 3.8) is 0 Å². The van der Waals surface area contributed by atoms with Gasteiger partial charge in [0.25, 0.3) is 0 Å². The molecule has 1 atom stereocenters. The van der Waals surface area contributed by atoms with Gasteiger partial charge in [0, 0.05) is 16.9 Å². The third-order valence-corrected chi connectivity index (χ3v) is 5.72. The van der Waals surface area contributed by atoms with Gasteiger partial charge in [-0.1, -0.05) is 28.9 Å². The van der Waals surface area contributed by atoms with Crippen molar-refractivity contribution in [1.82, 2.24) is 5.32 Å². The van der Waals surface area contributed by atoms with E-state index in [0.29, 0.717) is 12.5 Å². The Morgan fingerprint density at radius 2 is 2.09 bits per heavy atom. The maximum Gasteiger partial charge on any atom is 0.220 e. The van der Waals surface area contributed by atoms with Crippen LogP contribution in [0.25, 0.3) is 0 Å². The van der Waals surface area contributed by atoms with Crippen LogP contribution in [-0.2, 0) is 11.2 Å². The van der Waals surface area contributed by atoms with Crippen molar-refractivity contribution in [2.45, 2.75) is 57.5 Å². The molecule has 2 aliphatic rings. The van der Waals surface area contributed by atoms with Crippen LogP contribution in [-0.4, -0.2) is 11.9 Å². The molecule has 0 bridgehead atoms. The molecule has 1 fully saturated rings. The van der Waals surface area contributed by atoms with E-state index in [9.17, 15) is 4.79 Å². The normalized spacial score (nSPS) is 29.8. The van der Waals surface area contributed by atoms with Crippen LogP contribution in [0.5, 0.6) is 0 Å². The summed E-state index contributed by atoms with van der Waals surface area (Å²) in [4.78, 5) is 12.0. The molecule has 5 heteroatoms. The number of amides is 1. The number of hydrogen-bond donors (Lipinski definition) is 2. The summed E-state index contributed by atoms with van der Waals surface area (Å²) in [5, 5.41) is 3.28. The SMILES string of the molecule is CCC(=O)NC1c2ccc(Br)cc2CC12CCC(N)CC2.Cl. The predicted molar refractivity (Wildman–Crippen MR) is 95.1 cm³/mol. The molecule has 0 radical (unpaired) electrons. The molecule has 3 rings (SSSR count). The van der Waals surface area contributed by atoms with Gasteiger partial charge >= 0.3 is 0 Å². The molecule has 122 valence electrons. The van der Waals surface area contributed by atoms with Crippen molar-refractivity contribution in [2.75, 3.05) is 0 Å². The number of halogens is 2. The van der Waals surface area contributed by atoms with E-state index in [4.69, 9.17) is 5.73 Å². The maximum atomic E-state index is 12.0. The zero-order valence-corrected chi connectivity index (χ0v) is 15.3. The molecule has 3 nitrogen and oxygen atoms in total. The van der Waals surface area contributed by atoms with Gasteiger partial charge in [-0.05, 0) is 60.8 Å². The highest BCUT2D eigenvalue weighted by atomic mass is 79.9. The van der Waals surface area contributed by atoms with E-state index in [2.05, 4.69) is 39.4 Å². The lowest BCUT2D eigenvalue weighted by atomic mass is 9.68. The smallest absolute Gasteiger partial charge is 0.220 e. The van der Waals surface area contributed by atoms with E-state index in [0.717, 1.165) is 36.6 Å². The minimum Gasteiger partial charge on any atom is -0.349 e. The fourth-order valence-electron chi connectivity index (χ4n) is 3.99. The van der Waals surface area contributed by atoms with Crippen LogP contribution in [0.4, 0.5) is 0 Å². The number of fused-ring (bicyclic) bond motifs is 1. The van der Waals surface area contributed by atoms with Gasteiger partial charge in [-0.3, -0.25) is 4.79 Å². The van der Waals surface area contributed by atoms with E-state index in [1.54, 1.807) is 0 Å². The monoisotopic (exact) mass is 386 g/mol. The third-order valence-electron chi connectivity index (χ3n) is 5.22. The Morgan fingerprint density at radius 1 is 1.41 bits per heavy atom. The van der Waals surface area contributed by atoms with Gasteiger partial charge < -0.3 is 11.1 Å². The summed E-state index contributed by atoms with van der Waals surface area (Å²) in [6.07, 6.45) is 5.94. The zero-order valence-electron chi connectivity index (χ0n) is 12.9. The van der Waals surface area contributed by atoms with E-state index >= 15 is 0 Å². The fraction of sp³-hybridized carbons (Fsp3) is 0.588. The Bertz CT molecular complexity index is 556. The van der Waals surface area contributed by atoms with Crippen molar-refractivity contribution in [1.29, 1.82) is 0 Å². The van der Waals surface area contributed by atoms with Crippen LogP contribution in [0.3, 0.4) is 0 Å². The topological polar surface area (TPSA) is 55.1 Å². The summed E-state index contributed by atoms with van der Waals surface area (Å²) in [5.41, 5.74) is 8.94. The minimum absolute atomic E-state index is 0. The van der Waals surface area contributed by atoms with Crippen LogP contribution in [0.15, 0.2) is 22.7 Å². The molecule has 1 aromatic rings. The lowest BCUT2D eigenvalue weighted by molar-refractivity contribution is -0.122. The first kappa shape index (κ1) is 17.8. The lowest BCUT2D eigenvalue weighted by Gasteiger charge is -2.41. The first-order valence-corrected chi connectivity index (χ1v) is 8.66. The van der Waals surface area contributed by atoms with Gasteiger partial charge in [0.15, 0.2) is 0 Å². The molecular formula is C17H24BrClN2O. The Kier molecular flexibility index (Phi) is 5.57. The molecule has 22 heavy (non-hydrogen) atoms. The molecule has 1 unspecified atom stereocenters. The predicted octanol–water partition coefficient (Wildman–Crippen LogP) is 3.88. The zero-order chi connectivity index (χ0) is 15.0. The highest BCUT2D eigenvalue weighted by Crippen LogP contribution is 2.54. The lowest BCUT2D eigenvalue weighted by Crippen LogP contribution is -2.43. The summed E-state index contributed by atoms with van der Waals surface area (Å²) < 4.78 is 1.12. The highest BCUT2D eigenvalue weighted by molar-refractivity contribution is 9.10. The van der Waals surface area contributed by atoms with Crippen LogP contribution >= 0.6 is 28.3 Å². The van der Waals surface area contributed by atoms with Crippen LogP contribution < -0.4 is 11.1 Å². The number of nitrogens with two attached hydrogens (primary N) is 1. The number of carbonyl (C=O) groups excluding carboxylic acids is 1. The largest absolute Gasteiger partial charge is 0.349 e. The Hall–Kier alpha value is -0.580. The van der Waals surface area contributed by atoms with Crippen LogP contribution in [0.1, 0.15) is 56.2 Å². The third kappa shape index (κ3) is 3.19. The second-order valence-electron chi connectivity index (χ2n) is 6.57. The van der Waals surface area contributed by atoms with Crippen molar-refractivity contribution < 1.29 is 4.79 Å². The molecule has 0 heterocycles. The standard InChI is InChI=1S/C17H23BrN2O.ClH/c1-2-15(21)20-16-14-4-3-12(18)9-11(14)10-17(16)7-5-13(19)6-8-17;/h3-4,9,13,16H,2,5-8,10,19H2,1H3,(H,20,21);1H. The summed E-state index contributed by atoms with van der Waals surface area (Å²) in [6, 6.07) is 6.94. The maximum absolute atomic E-state index is 12.0. The molecule has 0 saturated heterocycles. The van der Waals surface area contributed by atoms with E-state index < -0.39 is 0 Å². The van der Waals surface area contributed by atoms with Gasteiger partial charge in [-0.15, -0.1) is 12.4 Å². The average molecular weight is 388 g/mol. The number of carbonyl (C=O) groups is 1. The Morgan fingerprint density at radius 3 is 2.73 bits per heavy atom. The molecule has 1 spiro atoms. The number of nitrogens with one attached hydrogen (secondary N) is 1. The molecule has 1 aromatic carbocycles. The quantitative estimate of drug-likeness (QED) is 0.809. The number of hydrogen-bond acceptors (Lipinski definition) is 2. The Balaban J connectivity index is 0.00000176. The highest BCUT2D eigenvalue weighted by Gasteiger charge is 2.47. The fourth-order valence-corrected chi connectivity index (χ4v) is 4.40. The number of benzene rings is 1. The van der Waals surface area contributed by atoms with Gasteiger partial charge in [0.05, 0.1) is 6.04 Å². The minimum atomic E-state index is 0. The molecule has 1 amide bonds. The molecule has 0 aliphatic heterocycles. The average Bonchev–Trinajstić information content (AvgIpc) is 2.75. The summed E-state index contributed by atoms with van der Waals surface area (Å²) in [7, 11) is 0. The van der Waals surface area contributed by atoms with Crippen LogP contribution in [0.2, 0.25) is 0 Å². The van der Waals surface area contributed by atoms with E-state index in [1.807, 2.05) is 6.92 Å². The van der Waals surface area contributed by atoms with Gasteiger partial charge in [0.1, 0.15) is 0 Å². The second kappa shape index (κ2) is 6.90.